The maximum absolute atomic E-state index is 11.2. The van der Waals surface area contributed by atoms with Gasteiger partial charge in [0.2, 0.25) is 0 Å². The first kappa shape index (κ1) is 11.4. The summed E-state index contributed by atoms with van der Waals surface area (Å²) >= 11 is 0. The molecule has 0 N–H and O–H groups in total. The van der Waals surface area contributed by atoms with Crippen molar-refractivity contribution in [2.75, 3.05) is 0 Å². The van der Waals surface area contributed by atoms with Crippen LogP contribution in [0.25, 0.3) is 0 Å². The molecule has 0 aliphatic carbocycles. The Hall–Kier alpha value is -0.591. The van der Waals surface area contributed by atoms with Crippen LogP contribution < -0.4 is 0 Å². The third-order valence-electron chi connectivity index (χ3n) is 1.68. The van der Waals surface area contributed by atoms with Crippen LogP contribution in [-0.2, 0) is 17.1 Å². The van der Waals surface area contributed by atoms with E-state index >= 15 is 0 Å². The van der Waals surface area contributed by atoms with Crippen LogP contribution in [0.4, 0.5) is 0 Å². The maximum Gasteiger partial charge on any atom is 0.108 e. The second kappa shape index (κ2) is 5.13. The Morgan fingerprint density at radius 2 is 2.25 bits per heavy atom. The fourth-order valence-corrected chi connectivity index (χ4v) is 1.01. The van der Waals surface area contributed by atoms with Gasteiger partial charge in [0.05, 0.1) is 0 Å². The zero-order valence-electron chi connectivity index (χ0n) is 7.23. The van der Waals surface area contributed by atoms with Crippen LogP contribution in [0, 0.1) is 13.0 Å². The molecule has 2 heteroatoms. The van der Waals surface area contributed by atoms with E-state index in [-0.39, 0.29) is 22.9 Å². The predicted octanol–water partition coefficient (Wildman–Crippen LogP) is 2.39. The molecule has 1 aromatic carbocycles. The van der Waals surface area contributed by atoms with Gasteiger partial charge in [-0.25, -0.2) is 0 Å². The monoisotopic (exact) mass is 202 g/mol. The molecule has 0 aromatic heterocycles. The van der Waals surface area contributed by atoms with Crippen LogP contribution in [0.5, 0.6) is 0 Å². The SMILES string of the molecule is CCC(=O)c1ccc[c-]c1C.[Mn]. The van der Waals surface area contributed by atoms with Crippen molar-refractivity contribution in [3.05, 3.63) is 35.4 Å². The average molecular weight is 202 g/mol. The normalized spacial score (nSPS) is 8.83. The van der Waals surface area contributed by atoms with Crippen molar-refractivity contribution in [3.8, 4) is 0 Å². The topological polar surface area (TPSA) is 17.1 Å². The van der Waals surface area contributed by atoms with E-state index < -0.39 is 0 Å². The Morgan fingerprint density at radius 1 is 1.58 bits per heavy atom. The molecule has 0 heterocycles. The maximum atomic E-state index is 11.2. The molecule has 0 unspecified atom stereocenters. The second-order valence-corrected chi connectivity index (χ2v) is 2.49. The summed E-state index contributed by atoms with van der Waals surface area (Å²) in [6.45, 7) is 3.78. The second-order valence-electron chi connectivity index (χ2n) is 2.49. The number of rotatable bonds is 2. The van der Waals surface area contributed by atoms with E-state index in [2.05, 4.69) is 6.07 Å². The van der Waals surface area contributed by atoms with E-state index in [0.29, 0.717) is 6.42 Å². The number of hydrogen-bond acceptors (Lipinski definition) is 1. The van der Waals surface area contributed by atoms with Gasteiger partial charge in [0.1, 0.15) is 5.78 Å². The van der Waals surface area contributed by atoms with Crippen LogP contribution in [0.3, 0.4) is 0 Å². The third-order valence-corrected chi connectivity index (χ3v) is 1.68. The van der Waals surface area contributed by atoms with Crippen molar-refractivity contribution >= 4 is 5.78 Å². The molecule has 12 heavy (non-hydrogen) atoms. The molecule has 1 aromatic rings. The van der Waals surface area contributed by atoms with E-state index in [1.165, 1.54) is 0 Å². The molecule has 0 spiro atoms. The first-order chi connectivity index (χ1) is 5.25. The summed E-state index contributed by atoms with van der Waals surface area (Å²) in [6, 6.07) is 8.50. The van der Waals surface area contributed by atoms with Gasteiger partial charge in [0.25, 0.3) is 0 Å². The molecule has 1 rings (SSSR count). The van der Waals surface area contributed by atoms with Gasteiger partial charge in [-0.1, -0.05) is 19.4 Å². The predicted molar refractivity (Wildman–Crippen MR) is 44.6 cm³/mol. The van der Waals surface area contributed by atoms with Crippen LogP contribution in [-0.4, -0.2) is 5.78 Å². The number of Topliss-reactive ketones (excluding diaryl/α,β-unsaturated/α-hetero) is 1. The van der Waals surface area contributed by atoms with Crippen LogP contribution in [0.1, 0.15) is 29.3 Å². The Kier molecular flexibility index (Phi) is 4.87. The van der Waals surface area contributed by atoms with Crippen molar-refractivity contribution in [1.29, 1.82) is 0 Å². The molecule has 65 valence electrons. The number of aryl methyl sites for hydroxylation is 1. The molecule has 0 saturated carbocycles. The van der Waals surface area contributed by atoms with E-state index in [1.807, 2.05) is 32.0 Å². The minimum Gasteiger partial charge on any atom is -0.309 e. The fraction of sp³-hybridized carbons (Fsp3) is 0.300. The third kappa shape index (κ3) is 2.47. The van der Waals surface area contributed by atoms with Gasteiger partial charge in [0.15, 0.2) is 0 Å². The van der Waals surface area contributed by atoms with Crippen LogP contribution in [0.15, 0.2) is 18.2 Å². The van der Waals surface area contributed by atoms with Gasteiger partial charge < -0.3 is 4.79 Å². The summed E-state index contributed by atoms with van der Waals surface area (Å²) in [6.07, 6.45) is 0.568. The Balaban J connectivity index is 0.00000121. The van der Waals surface area contributed by atoms with Crippen molar-refractivity contribution in [3.63, 3.8) is 0 Å². The standard InChI is InChI=1S/C10H11O.Mn/c1-3-10(11)9-7-5-4-6-8(9)2;/h4-5,7H,3H2,1-2H3;/q-1;. The van der Waals surface area contributed by atoms with Gasteiger partial charge in [-0.15, -0.1) is 0 Å². The number of carbonyl (C=O) groups is 1. The molecule has 0 amide bonds. The number of hydrogen-bond donors (Lipinski definition) is 0. The van der Waals surface area contributed by atoms with Gasteiger partial charge in [0, 0.05) is 17.1 Å². The Morgan fingerprint density at radius 3 is 2.75 bits per heavy atom. The zero-order chi connectivity index (χ0) is 8.27. The molecule has 0 atom stereocenters. The van der Waals surface area contributed by atoms with Crippen LogP contribution in [0.2, 0.25) is 0 Å². The van der Waals surface area contributed by atoms with Crippen LogP contribution >= 0.6 is 0 Å². The van der Waals surface area contributed by atoms with Gasteiger partial charge >= 0.3 is 0 Å². The molecular weight excluding hydrogens is 191 g/mol. The number of ketones is 1. The summed E-state index contributed by atoms with van der Waals surface area (Å²) in [5.74, 6) is 0.194. The van der Waals surface area contributed by atoms with Gasteiger partial charge in [-0.2, -0.15) is 29.8 Å². The fourth-order valence-electron chi connectivity index (χ4n) is 1.01. The molecule has 0 aliphatic heterocycles. The average Bonchev–Trinajstić information content (AvgIpc) is 2.04. The van der Waals surface area contributed by atoms with E-state index in [4.69, 9.17) is 0 Å². The molecule has 1 nitrogen and oxygen atoms in total. The summed E-state index contributed by atoms with van der Waals surface area (Å²) in [4.78, 5) is 11.2. The van der Waals surface area contributed by atoms with Crippen molar-refractivity contribution in [2.24, 2.45) is 0 Å². The minimum absolute atomic E-state index is 0. The quantitative estimate of drug-likeness (QED) is 0.409. The minimum atomic E-state index is 0. The molecule has 0 fully saturated rings. The van der Waals surface area contributed by atoms with E-state index in [0.717, 1.165) is 11.1 Å². The smallest absolute Gasteiger partial charge is 0.108 e. The summed E-state index contributed by atoms with van der Waals surface area (Å²) in [5, 5.41) is 0. The molecule has 0 saturated heterocycles. The first-order valence-electron chi connectivity index (χ1n) is 3.76. The zero-order valence-corrected chi connectivity index (χ0v) is 8.41. The Bertz CT molecular complexity index is 268. The largest absolute Gasteiger partial charge is 0.309 e. The molecule has 0 bridgehead atoms. The van der Waals surface area contributed by atoms with E-state index in [1.54, 1.807) is 0 Å². The summed E-state index contributed by atoms with van der Waals surface area (Å²) < 4.78 is 0. The first-order valence-corrected chi connectivity index (χ1v) is 3.76. The Labute approximate surface area is 83.6 Å². The van der Waals surface area contributed by atoms with Crippen molar-refractivity contribution < 1.29 is 21.9 Å². The molecular formula is C10H11MnO-. The number of benzene rings is 1. The van der Waals surface area contributed by atoms with Gasteiger partial charge in [-0.3, -0.25) is 0 Å². The molecule has 0 aliphatic rings. The summed E-state index contributed by atoms with van der Waals surface area (Å²) in [7, 11) is 0. The van der Waals surface area contributed by atoms with E-state index in [9.17, 15) is 4.79 Å². The number of carbonyl (C=O) groups excluding carboxylic acids is 1. The molecule has 1 radical (unpaired) electrons. The van der Waals surface area contributed by atoms with Crippen molar-refractivity contribution in [2.45, 2.75) is 20.3 Å². The van der Waals surface area contributed by atoms with Crippen molar-refractivity contribution in [1.82, 2.24) is 0 Å². The van der Waals surface area contributed by atoms with Gasteiger partial charge in [-0.05, 0) is 6.42 Å². The summed E-state index contributed by atoms with van der Waals surface area (Å²) in [5.41, 5.74) is 1.74.